The fourth-order valence-corrected chi connectivity index (χ4v) is 6.14. The molecule has 4 aliphatic rings. The highest BCUT2D eigenvalue weighted by atomic mass is 19.4. The van der Waals surface area contributed by atoms with Crippen LogP contribution in [0.3, 0.4) is 0 Å². The second kappa shape index (κ2) is 8.21. The van der Waals surface area contributed by atoms with Gasteiger partial charge in [0.15, 0.2) is 11.4 Å². The number of ketones is 2. The molecule has 3 aliphatic carbocycles. The predicted octanol–water partition coefficient (Wildman–Crippen LogP) is 1.75. The maximum Gasteiger partial charge on any atom is 0.573 e. The van der Waals surface area contributed by atoms with Crippen molar-refractivity contribution in [2.45, 2.75) is 50.1 Å². The number of rotatable bonds is 3. The number of carbonyl (C=O) groups excluding carboxylic acids is 3. The molecule has 1 amide bonds. The number of alkyl halides is 3. The topological polar surface area (TPSA) is 179 Å². The first-order valence-electron chi connectivity index (χ1n) is 11.6. The summed E-state index contributed by atoms with van der Waals surface area (Å²) in [6.45, 7) is 0.541. The third-order valence-electron chi connectivity index (χ3n) is 7.70. The number of aromatic hydroxyl groups is 1. The maximum atomic E-state index is 13.5. The molecule has 1 aromatic rings. The van der Waals surface area contributed by atoms with Crippen LogP contribution in [0.25, 0.3) is 5.76 Å². The number of phenolic OH excluding ortho intramolecular Hbond substituents is 1. The zero-order chi connectivity index (χ0) is 27.0. The Bertz CT molecular complexity index is 1310. The Balaban J connectivity index is 1.71. The van der Waals surface area contributed by atoms with Gasteiger partial charge in [-0.15, -0.1) is 13.2 Å². The minimum Gasteiger partial charge on any atom is -0.508 e. The predicted molar refractivity (Wildman–Crippen MR) is 118 cm³/mol. The number of carbonyl (C=O) groups is 3. The van der Waals surface area contributed by atoms with Crippen LogP contribution in [0, 0.1) is 11.8 Å². The third kappa shape index (κ3) is 3.67. The Hall–Kier alpha value is -3.58. The number of amides is 1. The molecule has 0 bridgehead atoms. The smallest absolute Gasteiger partial charge is 0.508 e. The highest BCUT2D eigenvalue weighted by Crippen LogP contribution is 2.54. The number of Topliss-reactive ketones (excluding diaryl/α,β-unsaturated/α-hetero) is 2. The number of hydrogen-bond acceptors (Lipinski definition) is 9. The standard InChI is InChI=1S/C24H23F3N2O8/c25-24(26,27)37-19-10(12-2-1-3-29-12)7-14(31)16-11(19)5-8-4-9-6-13(30)17(22(28)35)21(34)23(9,36)20(33)15(8)18(16)32/h7-9,12,29,31-32,34,36H,1-6H2,(H2,28,35)/t8-,9+,12?,23+/m1/s1. The average molecular weight is 524 g/mol. The van der Waals surface area contributed by atoms with Crippen LogP contribution in [0.4, 0.5) is 13.2 Å². The number of phenols is 1. The number of ether oxygens (including phenoxy) is 1. The van der Waals surface area contributed by atoms with Crippen molar-refractivity contribution in [3.63, 3.8) is 0 Å². The lowest BCUT2D eigenvalue weighted by Gasteiger charge is -2.46. The van der Waals surface area contributed by atoms with Gasteiger partial charge in [0, 0.05) is 35.1 Å². The van der Waals surface area contributed by atoms with Crippen molar-refractivity contribution in [2.75, 3.05) is 6.54 Å². The molecule has 1 aromatic carbocycles. The van der Waals surface area contributed by atoms with Crippen molar-refractivity contribution < 1.29 is 52.7 Å². The Morgan fingerprint density at radius 2 is 1.89 bits per heavy atom. The zero-order valence-electron chi connectivity index (χ0n) is 19.2. The highest BCUT2D eigenvalue weighted by Gasteiger charge is 2.60. The maximum absolute atomic E-state index is 13.5. The lowest BCUT2D eigenvalue weighted by molar-refractivity contribution is -0.275. The van der Waals surface area contributed by atoms with Crippen LogP contribution in [0.2, 0.25) is 0 Å². The van der Waals surface area contributed by atoms with Gasteiger partial charge in [0.1, 0.15) is 28.6 Å². The molecule has 1 heterocycles. The number of fused-ring (bicyclic) bond motifs is 3. The van der Waals surface area contributed by atoms with Crippen LogP contribution in [0.5, 0.6) is 11.5 Å². The molecular weight excluding hydrogens is 501 g/mol. The van der Waals surface area contributed by atoms with E-state index in [9.17, 15) is 48.0 Å². The Kier molecular flexibility index (Phi) is 5.57. The van der Waals surface area contributed by atoms with Crippen LogP contribution >= 0.6 is 0 Å². The van der Waals surface area contributed by atoms with Crippen LogP contribution in [-0.2, 0) is 20.8 Å². The first-order chi connectivity index (χ1) is 17.3. The van der Waals surface area contributed by atoms with Gasteiger partial charge >= 0.3 is 6.36 Å². The summed E-state index contributed by atoms with van der Waals surface area (Å²) in [7, 11) is 0. The molecule has 2 fully saturated rings. The van der Waals surface area contributed by atoms with E-state index in [-0.39, 0.29) is 24.0 Å². The minimum absolute atomic E-state index is 0.0421. The zero-order valence-corrected chi connectivity index (χ0v) is 19.2. The summed E-state index contributed by atoms with van der Waals surface area (Å²) in [5.74, 6) is -9.02. The molecule has 37 heavy (non-hydrogen) atoms. The number of hydrogen-bond donors (Lipinski definition) is 6. The second-order valence-corrected chi connectivity index (χ2v) is 9.77. The van der Waals surface area contributed by atoms with E-state index in [1.807, 2.05) is 0 Å². The molecule has 1 saturated heterocycles. The summed E-state index contributed by atoms with van der Waals surface area (Å²) in [6.07, 6.45) is -4.98. The van der Waals surface area contributed by atoms with E-state index in [2.05, 4.69) is 10.1 Å². The van der Waals surface area contributed by atoms with Gasteiger partial charge in [0.05, 0.1) is 5.56 Å². The van der Waals surface area contributed by atoms with E-state index >= 15 is 0 Å². The molecule has 5 rings (SSSR count). The molecule has 7 N–H and O–H groups in total. The minimum atomic E-state index is -5.10. The van der Waals surface area contributed by atoms with Crippen LogP contribution in [0.1, 0.15) is 48.4 Å². The van der Waals surface area contributed by atoms with Crippen LogP contribution in [-0.4, -0.2) is 56.4 Å². The van der Waals surface area contributed by atoms with Gasteiger partial charge in [-0.05, 0) is 44.2 Å². The second-order valence-electron chi connectivity index (χ2n) is 9.77. The Labute approximate surface area is 207 Å². The lowest BCUT2D eigenvalue weighted by Crippen LogP contribution is -2.58. The number of halogens is 3. The van der Waals surface area contributed by atoms with Crippen molar-refractivity contribution in [1.82, 2.24) is 5.32 Å². The van der Waals surface area contributed by atoms with Crippen LogP contribution in [0.15, 0.2) is 23.0 Å². The number of aliphatic hydroxyl groups excluding tert-OH is 2. The number of aliphatic hydroxyl groups is 3. The molecule has 13 heteroatoms. The van der Waals surface area contributed by atoms with Gasteiger partial charge in [0.2, 0.25) is 5.78 Å². The summed E-state index contributed by atoms with van der Waals surface area (Å²) in [6, 6.07) is 0.483. The monoisotopic (exact) mass is 524 g/mol. The largest absolute Gasteiger partial charge is 0.573 e. The SMILES string of the molecule is NC(=O)C1=C(O)[C@@]2(O)C(=O)C3=C(O)c4c(O)cc(C5CCCN5)c(OC(F)(F)F)c4C[C@H]3C[C@H]2CC1=O. The van der Waals surface area contributed by atoms with E-state index in [4.69, 9.17) is 5.73 Å². The van der Waals surface area contributed by atoms with Gasteiger partial charge in [0.25, 0.3) is 5.91 Å². The van der Waals surface area contributed by atoms with Crippen molar-refractivity contribution in [1.29, 1.82) is 0 Å². The molecule has 1 unspecified atom stereocenters. The Morgan fingerprint density at radius 3 is 2.49 bits per heavy atom. The molecule has 198 valence electrons. The third-order valence-corrected chi connectivity index (χ3v) is 7.70. The number of benzene rings is 1. The van der Waals surface area contributed by atoms with Crippen molar-refractivity contribution in [2.24, 2.45) is 17.6 Å². The summed E-state index contributed by atoms with van der Waals surface area (Å²) in [4.78, 5) is 37.6. The fourth-order valence-electron chi connectivity index (χ4n) is 6.14. The van der Waals surface area contributed by atoms with E-state index < -0.39 is 93.5 Å². The molecule has 4 atom stereocenters. The molecule has 10 nitrogen and oxygen atoms in total. The first kappa shape index (κ1) is 25.1. The first-order valence-corrected chi connectivity index (χ1v) is 11.6. The van der Waals surface area contributed by atoms with Crippen molar-refractivity contribution >= 4 is 23.2 Å². The van der Waals surface area contributed by atoms with Gasteiger partial charge in [-0.25, -0.2) is 0 Å². The van der Waals surface area contributed by atoms with E-state index in [0.29, 0.717) is 19.4 Å². The van der Waals surface area contributed by atoms with E-state index in [1.54, 1.807) is 0 Å². The molecule has 1 saturated carbocycles. The van der Waals surface area contributed by atoms with Gasteiger partial charge in [-0.1, -0.05) is 0 Å². The normalized spacial score (nSPS) is 29.7. The lowest BCUT2D eigenvalue weighted by atomic mass is 9.59. The molecule has 1 aliphatic heterocycles. The molecule has 0 aromatic heterocycles. The van der Waals surface area contributed by atoms with Gasteiger partial charge < -0.3 is 36.2 Å². The number of nitrogens with two attached hydrogens (primary N) is 1. The van der Waals surface area contributed by atoms with E-state index in [0.717, 1.165) is 6.07 Å². The number of nitrogens with one attached hydrogen (secondary N) is 1. The van der Waals surface area contributed by atoms with E-state index in [1.165, 1.54) is 0 Å². The summed E-state index contributed by atoms with van der Waals surface area (Å²) in [5.41, 5.74) is 0.406. The van der Waals surface area contributed by atoms with Gasteiger partial charge in [-0.2, -0.15) is 0 Å². The van der Waals surface area contributed by atoms with Gasteiger partial charge in [-0.3, -0.25) is 14.4 Å². The summed E-state index contributed by atoms with van der Waals surface area (Å²) >= 11 is 0. The highest BCUT2D eigenvalue weighted by molar-refractivity contribution is 6.22. The van der Waals surface area contributed by atoms with Crippen molar-refractivity contribution in [3.05, 3.63) is 39.7 Å². The van der Waals surface area contributed by atoms with Crippen LogP contribution < -0.4 is 15.8 Å². The molecule has 0 spiro atoms. The molecule has 0 radical (unpaired) electrons. The quantitative estimate of drug-likeness (QED) is 0.321. The number of primary amides is 1. The van der Waals surface area contributed by atoms with Crippen molar-refractivity contribution in [3.8, 4) is 11.5 Å². The molecular formula is C24H23F3N2O8. The fraction of sp³-hybridized carbons (Fsp3) is 0.458. The Morgan fingerprint density at radius 1 is 1.19 bits per heavy atom. The summed E-state index contributed by atoms with van der Waals surface area (Å²) < 4.78 is 44.8. The average Bonchev–Trinajstić information content (AvgIpc) is 3.31. The summed E-state index contributed by atoms with van der Waals surface area (Å²) in [5, 5.41) is 46.7.